The normalized spacial score (nSPS) is 18.2. The summed E-state index contributed by atoms with van der Waals surface area (Å²) in [4.78, 5) is 42.4. The van der Waals surface area contributed by atoms with Crippen molar-refractivity contribution >= 4 is 23.4 Å². The molecule has 2 saturated heterocycles. The van der Waals surface area contributed by atoms with Crippen LogP contribution < -0.4 is 10.6 Å². The molecule has 2 heterocycles. The fourth-order valence-corrected chi connectivity index (χ4v) is 4.42. The molecular formula is C23H33FN4O3. The number of nitrogens with zero attached hydrogens (tertiary/aromatic N) is 3. The van der Waals surface area contributed by atoms with Crippen LogP contribution in [0.25, 0.3) is 0 Å². The van der Waals surface area contributed by atoms with Gasteiger partial charge in [-0.25, -0.2) is 4.39 Å². The smallest absolute Gasteiger partial charge is 0.223 e. The average molecular weight is 433 g/mol. The van der Waals surface area contributed by atoms with Crippen LogP contribution in [0.2, 0.25) is 0 Å². The molecule has 1 aromatic rings. The van der Waals surface area contributed by atoms with E-state index in [0.29, 0.717) is 57.8 Å². The van der Waals surface area contributed by atoms with Crippen LogP contribution in [-0.4, -0.2) is 66.8 Å². The van der Waals surface area contributed by atoms with Gasteiger partial charge in [0, 0.05) is 58.0 Å². The minimum Gasteiger partial charge on any atom is -0.369 e. The molecule has 2 fully saturated rings. The first-order valence-corrected chi connectivity index (χ1v) is 11.0. The van der Waals surface area contributed by atoms with Crippen molar-refractivity contribution in [3.05, 3.63) is 30.1 Å². The van der Waals surface area contributed by atoms with Gasteiger partial charge in [0.05, 0.1) is 5.69 Å². The molecule has 0 aromatic heterocycles. The summed E-state index contributed by atoms with van der Waals surface area (Å²) >= 11 is 0. The van der Waals surface area contributed by atoms with E-state index in [2.05, 4.69) is 0 Å². The summed E-state index contributed by atoms with van der Waals surface area (Å²) in [5.74, 6) is -0.653. The molecule has 3 rings (SSSR count). The quantitative estimate of drug-likeness (QED) is 0.745. The van der Waals surface area contributed by atoms with E-state index in [-0.39, 0.29) is 42.3 Å². The molecule has 0 spiro atoms. The molecule has 0 atom stereocenters. The number of likely N-dealkylation sites (tertiary alicyclic amines) is 1. The SMILES string of the molecule is CC(C)(CC(=O)N1CCC(C(N)=O)CC1)CC(=O)N1CCN(c2ccccc2F)CC1. The molecule has 0 bridgehead atoms. The highest BCUT2D eigenvalue weighted by Gasteiger charge is 2.33. The Kier molecular flexibility index (Phi) is 7.18. The van der Waals surface area contributed by atoms with Crippen molar-refractivity contribution in [3.8, 4) is 0 Å². The van der Waals surface area contributed by atoms with Crippen LogP contribution in [0.5, 0.6) is 0 Å². The highest BCUT2D eigenvalue weighted by atomic mass is 19.1. The molecule has 0 saturated carbocycles. The zero-order chi connectivity index (χ0) is 22.6. The first-order valence-electron chi connectivity index (χ1n) is 11.0. The second kappa shape index (κ2) is 9.66. The Morgan fingerprint density at radius 3 is 1.97 bits per heavy atom. The van der Waals surface area contributed by atoms with E-state index in [0.717, 1.165) is 0 Å². The number of hydrogen-bond donors (Lipinski definition) is 1. The number of nitrogens with two attached hydrogens (primary N) is 1. The van der Waals surface area contributed by atoms with Crippen molar-refractivity contribution in [2.24, 2.45) is 17.1 Å². The lowest BCUT2D eigenvalue weighted by Gasteiger charge is -2.38. The van der Waals surface area contributed by atoms with Crippen LogP contribution in [-0.2, 0) is 14.4 Å². The van der Waals surface area contributed by atoms with Crippen LogP contribution in [0.1, 0.15) is 39.5 Å². The number of halogens is 1. The maximum absolute atomic E-state index is 14.0. The number of para-hydroxylation sites is 1. The summed E-state index contributed by atoms with van der Waals surface area (Å²) in [6.07, 6.45) is 1.78. The number of anilines is 1. The molecular weight excluding hydrogens is 399 g/mol. The van der Waals surface area contributed by atoms with E-state index < -0.39 is 5.41 Å². The van der Waals surface area contributed by atoms with E-state index in [4.69, 9.17) is 5.73 Å². The van der Waals surface area contributed by atoms with Crippen molar-refractivity contribution in [2.45, 2.75) is 39.5 Å². The minimum absolute atomic E-state index is 0.0186. The molecule has 3 amide bonds. The molecule has 0 aliphatic carbocycles. The number of hydrogen-bond acceptors (Lipinski definition) is 4. The Morgan fingerprint density at radius 2 is 1.45 bits per heavy atom. The van der Waals surface area contributed by atoms with Gasteiger partial charge in [0.2, 0.25) is 17.7 Å². The van der Waals surface area contributed by atoms with Gasteiger partial charge < -0.3 is 20.4 Å². The predicted octanol–water partition coefficient (Wildman–Crippen LogP) is 2.00. The Labute approximate surface area is 183 Å². The summed E-state index contributed by atoms with van der Waals surface area (Å²) in [5, 5.41) is 0. The summed E-state index contributed by atoms with van der Waals surface area (Å²) < 4.78 is 14.0. The van der Waals surface area contributed by atoms with Gasteiger partial charge in [0.1, 0.15) is 5.82 Å². The summed E-state index contributed by atoms with van der Waals surface area (Å²) in [7, 11) is 0. The Bertz CT molecular complexity index is 813. The van der Waals surface area contributed by atoms with Gasteiger partial charge in [0.15, 0.2) is 0 Å². The maximum atomic E-state index is 14.0. The number of primary amides is 1. The Hall–Kier alpha value is -2.64. The van der Waals surface area contributed by atoms with Gasteiger partial charge in [-0.3, -0.25) is 14.4 Å². The van der Waals surface area contributed by atoms with Gasteiger partial charge in [0.25, 0.3) is 0 Å². The molecule has 170 valence electrons. The lowest BCUT2D eigenvalue weighted by Crippen LogP contribution is -2.50. The van der Waals surface area contributed by atoms with Crippen molar-refractivity contribution < 1.29 is 18.8 Å². The van der Waals surface area contributed by atoms with Crippen LogP contribution in [0.3, 0.4) is 0 Å². The molecule has 0 unspecified atom stereocenters. The number of benzene rings is 1. The number of carbonyl (C=O) groups excluding carboxylic acids is 3. The van der Waals surface area contributed by atoms with Gasteiger partial charge in [-0.1, -0.05) is 26.0 Å². The molecule has 31 heavy (non-hydrogen) atoms. The molecule has 0 radical (unpaired) electrons. The molecule has 7 nitrogen and oxygen atoms in total. The largest absolute Gasteiger partial charge is 0.369 e. The van der Waals surface area contributed by atoms with E-state index >= 15 is 0 Å². The zero-order valence-electron chi connectivity index (χ0n) is 18.5. The Morgan fingerprint density at radius 1 is 0.935 bits per heavy atom. The minimum atomic E-state index is -0.461. The lowest BCUT2D eigenvalue weighted by atomic mass is 9.84. The van der Waals surface area contributed by atoms with E-state index in [9.17, 15) is 18.8 Å². The fraction of sp³-hybridized carbons (Fsp3) is 0.609. The fourth-order valence-electron chi connectivity index (χ4n) is 4.42. The molecule has 8 heteroatoms. The van der Waals surface area contributed by atoms with Gasteiger partial charge in [-0.2, -0.15) is 0 Å². The van der Waals surface area contributed by atoms with E-state index in [1.54, 1.807) is 17.0 Å². The molecule has 1 aromatic carbocycles. The molecule has 2 aliphatic rings. The van der Waals surface area contributed by atoms with Crippen LogP contribution in [0.15, 0.2) is 24.3 Å². The first kappa shape index (κ1) is 23.0. The standard InChI is InChI=1S/C23H33FN4O3/c1-23(2,15-20(29)27-9-7-17(8-10-27)22(25)31)16-21(30)28-13-11-26(12-14-28)19-6-4-3-5-18(19)24/h3-6,17H,7-16H2,1-2H3,(H2,25,31). The predicted molar refractivity (Wildman–Crippen MR) is 117 cm³/mol. The van der Waals surface area contributed by atoms with Crippen molar-refractivity contribution in [3.63, 3.8) is 0 Å². The molecule has 2 aliphatic heterocycles. The third-order valence-electron chi connectivity index (χ3n) is 6.34. The van der Waals surface area contributed by atoms with Crippen molar-refractivity contribution in [1.29, 1.82) is 0 Å². The van der Waals surface area contributed by atoms with Crippen molar-refractivity contribution in [1.82, 2.24) is 9.80 Å². The number of amides is 3. The third-order valence-corrected chi connectivity index (χ3v) is 6.34. The summed E-state index contributed by atoms with van der Waals surface area (Å²) in [6.45, 7) is 7.20. The zero-order valence-corrected chi connectivity index (χ0v) is 18.5. The monoisotopic (exact) mass is 432 g/mol. The second-order valence-corrected chi connectivity index (χ2v) is 9.39. The number of rotatable bonds is 6. The summed E-state index contributed by atoms with van der Waals surface area (Å²) in [5.41, 5.74) is 5.47. The van der Waals surface area contributed by atoms with E-state index in [1.165, 1.54) is 6.07 Å². The Balaban J connectivity index is 1.47. The van der Waals surface area contributed by atoms with Crippen LogP contribution in [0.4, 0.5) is 10.1 Å². The van der Waals surface area contributed by atoms with Gasteiger partial charge in [-0.05, 0) is 30.4 Å². The topological polar surface area (TPSA) is 86.9 Å². The number of piperazine rings is 1. The van der Waals surface area contributed by atoms with Crippen LogP contribution >= 0.6 is 0 Å². The van der Waals surface area contributed by atoms with Crippen molar-refractivity contribution in [2.75, 3.05) is 44.2 Å². The summed E-state index contributed by atoms with van der Waals surface area (Å²) in [6, 6.07) is 6.68. The van der Waals surface area contributed by atoms with E-state index in [1.807, 2.05) is 29.7 Å². The maximum Gasteiger partial charge on any atom is 0.223 e. The number of piperidine rings is 1. The highest BCUT2D eigenvalue weighted by Crippen LogP contribution is 2.29. The van der Waals surface area contributed by atoms with Crippen LogP contribution in [0, 0.1) is 17.2 Å². The average Bonchev–Trinajstić information content (AvgIpc) is 2.73. The van der Waals surface area contributed by atoms with Gasteiger partial charge >= 0.3 is 0 Å². The first-order chi connectivity index (χ1) is 14.7. The second-order valence-electron chi connectivity index (χ2n) is 9.39. The lowest BCUT2D eigenvalue weighted by molar-refractivity contribution is -0.139. The number of carbonyl (C=O) groups is 3. The highest BCUT2D eigenvalue weighted by molar-refractivity contribution is 5.81. The third kappa shape index (κ3) is 5.95. The molecule has 2 N–H and O–H groups in total. The van der Waals surface area contributed by atoms with Gasteiger partial charge in [-0.15, -0.1) is 0 Å².